The van der Waals surface area contributed by atoms with E-state index in [1.807, 2.05) is 38.1 Å². The van der Waals surface area contributed by atoms with Crippen LogP contribution in [0.15, 0.2) is 53.0 Å². The van der Waals surface area contributed by atoms with Crippen LogP contribution in [0.4, 0.5) is 5.69 Å². The van der Waals surface area contributed by atoms with Crippen LogP contribution in [-0.4, -0.2) is 43.0 Å². The van der Waals surface area contributed by atoms with Crippen molar-refractivity contribution in [1.29, 1.82) is 0 Å². The third-order valence-electron chi connectivity index (χ3n) is 5.62. The molecule has 0 aliphatic carbocycles. The molecular weight excluding hydrogens is 432 g/mol. The normalized spacial score (nSPS) is 15.6. The molecule has 1 aliphatic rings. The molecule has 1 heterocycles. The Labute approximate surface area is 180 Å². The summed E-state index contributed by atoms with van der Waals surface area (Å²) in [6.07, 6.45) is 1.28. The quantitative estimate of drug-likeness (QED) is 0.686. The second-order valence-corrected chi connectivity index (χ2v) is 8.13. The molecule has 29 heavy (non-hydrogen) atoms. The predicted octanol–water partition coefficient (Wildman–Crippen LogP) is 4.62. The average molecular weight is 459 g/mol. The Morgan fingerprint density at radius 3 is 2.14 bits per heavy atom. The number of anilines is 1. The Morgan fingerprint density at radius 1 is 1.00 bits per heavy atom. The van der Waals surface area contributed by atoms with Gasteiger partial charge in [-0.1, -0.05) is 28.1 Å². The van der Waals surface area contributed by atoms with E-state index in [2.05, 4.69) is 21.2 Å². The van der Waals surface area contributed by atoms with Crippen LogP contribution in [0.1, 0.15) is 42.6 Å². The summed E-state index contributed by atoms with van der Waals surface area (Å²) >= 11 is 3.46. The molecule has 0 unspecified atom stereocenters. The SMILES string of the molecule is CCN(CC)C(=O)c1ccc(NC(=O)C2(c3ccc(Br)cc3)CCOCC2)cc1. The molecule has 5 nitrogen and oxygen atoms in total. The predicted molar refractivity (Wildman–Crippen MR) is 118 cm³/mol. The molecule has 0 bridgehead atoms. The third-order valence-corrected chi connectivity index (χ3v) is 6.15. The molecule has 154 valence electrons. The number of nitrogens with zero attached hydrogens (tertiary/aromatic N) is 1. The summed E-state index contributed by atoms with van der Waals surface area (Å²) in [5, 5.41) is 3.06. The van der Waals surface area contributed by atoms with E-state index in [0.29, 0.717) is 50.4 Å². The van der Waals surface area contributed by atoms with Crippen LogP contribution >= 0.6 is 15.9 Å². The van der Waals surface area contributed by atoms with Gasteiger partial charge < -0.3 is 15.0 Å². The Balaban J connectivity index is 1.79. The Hall–Kier alpha value is -2.18. The highest BCUT2D eigenvalue weighted by Crippen LogP contribution is 2.36. The van der Waals surface area contributed by atoms with Gasteiger partial charge in [0.2, 0.25) is 5.91 Å². The molecular formula is C23H27BrN2O3. The number of hydrogen-bond acceptors (Lipinski definition) is 3. The number of ether oxygens (including phenoxy) is 1. The second-order valence-electron chi connectivity index (χ2n) is 7.21. The lowest BCUT2D eigenvalue weighted by atomic mass is 9.73. The minimum absolute atomic E-state index is 0.00337. The van der Waals surface area contributed by atoms with Crippen LogP contribution in [0, 0.1) is 0 Å². The summed E-state index contributed by atoms with van der Waals surface area (Å²) < 4.78 is 6.51. The lowest BCUT2D eigenvalue weighted by molar-refractivity contribution is -0.125. The summed E-state index contributed by atoms with van der Waals surface area (Å²) in [5.41, 5.74) is 1.69. The maximum Gasteiger partial charge on any atom is 0.253 e. The van der Waals surface area contributed by atoms with Gasteiger partial charge in [-0.2, -0.15) is 0 Å². The molecule has 1 N–H and O–H groups in total. The van der Waals surface area contributed by atoms with Crippen LogP contribution < -0.4 is 5.32 Å². The van der Waals surface area contributed by atoms with Gasteiger partial charge in [-0.15, -0.1) is 0 Å². The van der Waals surface area contributed by atoms with Gasteiger partial charge in [0.05, 0.1) is 5.41 Å². The molecule has 0 saturated carbocycles. The standard InChI is InChI=1S/C23H27BrN2O3/c1-3-26(4-2)21(27)17-5-11-20(12-6-17)25-22(28)23(13-15-29-16-14-23)18-7-9-19(24)10-8-18/h5-12H,3-4,13-16H2,1-2H3,(H,25,28). The van der Waals surface area contributed by atoms with Crippen molar-refractivity contribution < 1.29 is 14.3 Å². The first-order valence-corrected chi connectivity index (χ1v) is 10.8. The lowest BCUT2D eigenvalue weighted by Gasteiger charge is -2.36. The maximum atomic E-state index is 13.3. The number of hydrogen-bond donors (Lipinski definition) is 1. The average Bonchev–Trinajstić information content (AvgIpc) is 2.76. The minimum atomic E-state index is -0.616. The van der Waals surface area contributed by atoms with Crippen molar-refractivity contribution >= 4 is 33.4 Å². The van der Waals surface area contributed by atoms with Gasteiger partial charge in [-0.25, -0.2) is 0 Å². The van der Waals surface area contributed by atoms with Gasteiger partial charge in [0, 0.05) is 42.0 Å². The number of rotatable bonds is 6. The first-order valence-electron chi connectivity index (χ1n) is 10.0. The molecule has 2 aromatic carbocycles. The first kappa shape index (κ1) is 21.5. The smallest absolute Gasteiger partial charge is 0.253 e. The van der Waals surface area contributed by atoms with Gasteiger partial charge in [0.15, 0.2) is 0 Å². The zero-order valence-electron chi connectivity index (χ0n) is 16.9. The Bertz CT molecular complexity index is 839. The topological polar surface area (TPSA) is 58.6 Å². The van der Waals surface area contributed by atoms with Crippen molar-refractivity contribution in [3.8, 4) is 0 Å². The molecule has 2 amide bonds. The number of carbonyl (C=O) groups excluding carboxylic acids is 2. The summed E-state index contributed by atoms with van der Waals surface area (Å²) in [6.45, 7) is 6.38. The summed E-state index contributed by atoms with van der Waals surface area (Å²) in [7, 11) is 0. The monoisotopic (exact) mass is 458 g/mol. The maximum absolute atomic E-state index is 13.3. The summed E-state index contributed by atoms with van der Waals surface area (Å²) in [5.74, 6) is -0.0328. The number of halogens is 1. The molecule has 0 aromatic heterocycles. The molecule has 1 fully saturated rings. The molecule has 0 radical (unpaired) electrons. The van der Waals surface area contributed by atoms with Crippen molar-refractivity contribution in [3.63, 3.8) is 0 Å². The molecule has 6 heteroatoms. The van der Waals surface area contributed by atoms with Crippen LogP contribution in [0.25, 0.3) is 0 Å². The van der Waals surface area contributed by atoms with E-state index in [0.717, 1.165) is 10.0 Å². The van der Waals surface area contributed by atoms with Crippen molar-refractivity contribution in [3.05, 3.63) is 64.1 Å². The highest BCUT2D eigenvalue weighted by atomic mass is 79.9. The Kier molecular flexibility index (Phi) is 7.09. The minimum Gasteiger partial charge on any atom is -0.381 e. The van der Waals surface area contributed by atoms with E-state index in [1.165, 1.54) is 0 Å². The first-order chi connectivity index (χ1) is 14.0. The third kappa shape index (κ3) is 4.70. The Morgan fingerprint density at radius 2 is 1.59 bits per heavy atom. The van der Waals surface area contributed by atoms with Crippen molar-refractivity contribution in [1.82, 2.24) is 4.90 Å². The van der Waals surface area contributed by atoms with Gasteiger partial charge in [0.1, 0.15) is 0 Å². The molecule has 1 aliphatic heterocycles. The van der Waals surface area contributed by atoms with Gasteiger partial charge in [-0.3, -0.25) is 9.59 Å². The van der Waals surface area contributed by atoms with E-state index in [4.69, 9.17) is 4.74 Å². The van der Waals surface area contributed by atoms with E-state index < -0.39 is 5.41 Å². The number of nitrogens with one attached hydrogen (secondary N) is 1. The largest absolute Gasteiger partial charge is 0.381 e. The molecule has 1 saturated heterocycles. The van der Waals surface area contributed by atoms with E-state index in [-0.39, 0.29) is 11.8 Å². The van der Waals surface area contributed by atoms with Gasteiger partial charge >= 0.3 is 0 Å². The van der Waals surface area contributed by atoms with E-state index in [1.54, 1.807) is 29.2 Å². The van der Waals surface area contributed by atoms with Crippen LogP contribution in [-0.2, 0) is 14.9 Å². The molecule has 0 atom stereocenters. The van der Waals surface area contributed by atoms with Gasteiger partial charge in [0.25, 0.3) is 5.91 Å². The lowest BCUT2D eigenvalue weighted by Crippen LogP contribution is -2.44. The zero-order chi connectivity index (χ0) is 20.9. The van der Waals surface area contributed by atoms with E-state index in [9.17, 15) is 9.59 Å². The van der Waals surface area contributed by atoms with Crippen LogP contribution in [0.2, 0.25) is 0 Å². The van der Waals surface area contributed by atoms with Crippen molar-refractivity contribution in [2.24, 2.45) is 0 Å². The summed E-state index contributed by atoms with van der Waals surface area (Å²) in [4.78, 5) is 27.6. The molecule has 0 spiro atoms. The molecule has 3 rings (SSSR count). The number of carbonyl (C=O) groups is 2. The van der Waals surface area contributed by atoms with Crippen LogP contribution in [0.5, 0.6) is 0 Å². The highest BCUT2D eigenvalue weighted by molar-refractivity contribution is 9.10. The fourth-order valence-electron chi connectivity index (χ4n) is 3.78. The molecule has 2 aromatic rings. The van der Waals surface area contributed by atoms with Crippen LogP contribution in [0.3, 0.4) is 0 Å². The van der Waals surface area contributed by atoms with E-state index >= 15 is 0 Å². The fourth-order valence-corrected chi connectivity index (χ4v) is 4.04. The fraction of sp³-hybridized carbons (Fsp3) is 0.391. The van der Waals surface area contributed by atoms with Crippen molar-refractivity contribution in [2.75, 3.05) is 31.6 Å². The van der Waals surface area contributed by atoms with Gasteiger partial charge in [-0.05, 0) is 68.7 Å². The number of amides is 2. The highest BCUT2D eigenvalue weighted by Gasteiger charge is 2.41. The second kappa shape index (κ2) is 9.55. The number of benzene rings is 2. The van der Waals surface area contributed by atoms with Crippen molar-refractivity contribution in [2.45, 2.75) is 32.1 Å². The summed E-state index contributed by atoms with van der Waals surface area (Å²) in [6, 6.07) is 15.1. The zero-order valence-corrected chi connectivity index (χ0v) is 18.5.